The van der Waals surface area contributed by atoms with E-state index in [2.05, 4.69) is 68.7 Å². The van der Waals surface area contributed by atoms with E-state index >= 15 is 0 Å². The zero-order chi connectivity index (χ0) is 33.2. The molecule has 0 amide bonds. The predicted octanol–water partition coefficient (Wildman–Crippen LogP) is 5.63. The zero-order valence-corrected chi connectivity index (χ0v) is 29.2. The molecule has 0 N–H and O–H groups in total. The number of hydrogen-bond acceptors (Lipinski definition) is 9. The molecule has 1 aliphatic carbocycles. The molecule has 10 heteroatoms. The van der Waals surface area contributed by atoms with E-state index in [0.29, 0.717) is 31.0 Å². The summed E-state index contributed by atoms with van der Waals surface area (Å²) in [6.45, 7) is 8.65. The van der Waals surface area contributed by atoms with Crippen LogP contribution in [-0.4, -0.2) is 80.5 Å². The predicted molar refractivity (Wildman–Crippen MR) is 189 cm³/mol. The first-order valence-electron chi connectivity index (χ1n) is 18.3. The average Bonchev–Trinajstić information content (AvgIpc) is 3.75. The summed E-state index contributed by atoms with van der Waals surface area (Å²) in [6, 6.07) is 17.6. The van der Waals surface area contributed by atoms with Crippen LogP contribution in [-0.2, 0) is 38.0 Å². The van der Waals surface area contributed by atoms with Crippen molar-refractivity contribution >= 4 is 5.82 Å². The zero-order valence-electron chi connectivity index (χ0n) is 29.2. The van der Waals surface area contributed by atoms with Crippen LogP contribution in [0, 0.1) is 5.92 Å². The van der Waals surface area contributed by atoms with Crippen LogP contribution in [0.2, 0.25) is 0 Å². The maximum atomic E-state index is 6.76. The van der Waals surface area contributed by atoms with Gasteiger partial charge in [-0.1, -0.05) is 37.3 Å². The average molecular weight is 661 g/mol. The van der Waals surface area contributed by atoms with Gasteiger partial charge in [0.1, 0.15) is 18.1 Å². The molecule has 5 aliphatic rings. The molecule has 7 heterocycles. The maximum Gasteiger partial charge on any atom is 0.318 e. The second-order valence-electron chi connectivity index (χ2n) is 15.3. The van der Waals surface area contributed by atoms with Crippen molar-refractivity contribution in [3.63, 3.8) is 0 Å². The van der Waals surface area contributed by atoms with E-state index in [1.54, 1.807) is 7.11 Å². The van der Waals surface area contributed by atoms with Crippen molar-refractivity contribution < 1.29 is 9.47 Å². The highest BCUT2D eigenvalue weighted by molar-refractivity contribution is 5.57. The molecule has 0 saturated carbocycles. The Morgan fingerprint density at radius 1 is 0.918 bits per heavy atom. The van der Waals surface area contributed by atoms with Crippen LogP contribution in [0.3, 0.4) is 0 Å². The van der Waals surface area contributed by atoms with E-state index in [0.717, 1.165) is 73.9 Å². The lowest BCUT2D eigenvalue weighted by atomic mass is 9.71. The fraction of sp³-hybridized carbons (Fsp3) is 0.538. The quantitative estimate of drug-likeness (QED) is 0.262. The molecule has 49 heavy (non-hydrogen) atoms. The largest absolute Gasteiger partial charge is 0.481 e. The summed E-state index contributed by atoms with van der Waals surface area (Å²) in [5.74, 6) is 2.31. The summed E-state index contributed by atoms with van der Waals surface area (Å²) in [4.78, 5) is 23.0. The Morgan fingerprint density at radius 3 is 2.76 bits per heavy atom. The van der Waals surface area contributed by atoms with Gasteiger partial charge in [0.15, 0.2) is 0 Å². The van der Waals surface area contributed by atoms with Crippen LogP contribution >= 0.6 is 0 Å². The minimum absolute atomic E-state index is 0.0669. The molecular formula is C39H48N8O2. The number of ether oxygens (including phenoxy) is 2. The van der Waals surface area contributed by atoms with Crippen molar-refractivity contribution in [2.45, 2.75) is 89.0 Å². The van der Waals surface area contributed by atoms with Crippen LogP contribution < -0.4 is 14.4 Å². The first-order valence-corrected chi connectivity index (χ1v) is 18.3. The topological polar surface area (TPSA) is 84.7 Å². The number of benzene rings is 1. The molecule has 4 aromatic rings. The van der Waals surface area contributed by atoms with E-state index < -0.39 is 0 Å². The van der Waals surface area contributed by atoms with Gasteiger partial charge in [-0.3, -0.25) is 14.5 Å². The van der Waals surface area contributed by atoms with Gasteiger partial charge in [0.05, 0.1) is 41.8 Å². The summed E-state index contributed by atoms with van der Waals surface area (Å²) in [6.07, 6.45) is 8.94. The van der Waals surface area contributed by atoms with Gasteiger partial charge in [-0.15, -0.1) is 0 Å². The highest BCUT2D eigenvalue weighted by atomic mass is 16.5. The molecule has 2 fully saturated rings. The third-order valence-corrected chi connectivity index (χ3v) is 12.2. The second-order valence-corrected chi connectivity index (χ2v) is 15.3. The van der Waals surface area contributed by atoms with Crippen molar-refractivity contribution in [2.24, 2.45) is 5.92 Å². The monoisotopic (exact) mass is 660 g/mol. The number of fused-ring (bicyclic) bond motifs is 5. The number of nitrogens with zero attached hydrogens (tertiary/aromatic N) is 8. The van der Waals surface area contributed by atoms with Crippen molar-refractivity contribution in [3.05, 3.63) is 76.6 Å². The summed E-state index contributed by atoms with van der Waals surface area (Å²) in [7, 11) is 3.95. The standard InChI is InChI=1S/C39H48N8O2/c1-27-21-38(15-8-18-46(38)23-27)26-49-37-41-34-22-39(16-7-11-28-10-4-5-12-31(28)39)44(2)25-30(34)36(42-37)45-17-9-19-47-29(24-45)20-33(43-47)32-13-6-14-35(40-32)48-3/h4-6,10,12-14,20,27H,7-9,11,15-19,21-26H2,1-3H3/t27-,38+,39+/m1/s1. The van der Waals surface area contributed by atoms with Gasteiger partial charge in [0.2, 0.25) is 5.88 Å². The number of rotatable bonds is 6. The molecule has 0 radical (unpaired) electrons. The smallest absolute Gasteiger partial charge is 0.318 e. The van der Waals surface area contributed by atoms with E-state index in [1.165, 1.54) is 55.5 Å². The van der Waals surface area contributed by atoms with E-state index in [-0.39, 0.29) is 11.1 Å². The lowest BCUT2D eigenvalue weighted by molar-refractivity contribution is 0.0714. The van der Waals surface area contributed by atoms with Crippen molar-refractivity contribution in [1.29, 1.82) is 0 Å². The highest BCUT2D eigenvalue weighted by Crippen LogP contribution is 2.47. The molecule has 0 bridgehead atoms. The minimum atomic E-state index is -0.0669. The van der Waals surface area contributed by atoms with Gasteiger partial charge in [-0.05, 0) is 87.7 Å². The summed E-state index contributed by atoms with van der Waals surface area (Å²) < 4.78 is 14.3. The molecule has 4 aliphatic heterocycles. The molecule has 3 atom stereocenters. The van der Waals surface area contributed by atoms with Crippen LogP contribution in [0.5, 0.6) is 11.9 Å². The molecule has 9 rings (SSSR count). The number of hydrogen-bond donors (Lipinski definition) is 0. The van der Waals surface area contributed by atoms with Crippen molar-refractivity contribution in [3.8, 4) is 23.3 Å². The van der Waals surface area contributed by atoms with Gasteiger partial charge in [-0.25, -0.2) is 4.98 Å². The molecule has 2 saturated heterocycles. The van der Waals surface area contributed by atoms with Crippen LogP contribution in [0.25, 0.3) is 11.4 Å². The van der Waals surface area contributed by atoms with E-state index in [1.807, 2.05) is 18.2 Å². The number of anilines is 1. The lowest BCUT2D eigenvalue weighted by Crippen LogP contribution is -2.51. The lowest BCUT2D eigenvalue weighted by Gasteiger charge is -2.49. The Hall–Kier alpha value is -4.02. The van der Waals surface area contributed by atoms with Crippen LogP contribution in [0.4, 0.5) is 5.82 Å². The Balaban J connectivity index is 1.09. The van der Waals surface area contributed by atoms with Crippen molar-refractivity contribution in [1.82, 2.24) is 34.5 Å². The van der Waals surface area contributed by atoms with Gasteiger partial charge in [0, 0.05) is 44.2 Å². The molecule has 0 unspecified atom stereocenters. The van der Waals surface area contributed by atoms with Gasteiger partial charge in [-0.2, -0.15) is 15.1 Å². The summed E-state index contributed by atoms with van der Waals surface area (Å²) >= 11 is 0. The molecule has 1 spiro atoms. The number of pyridine rings is 1. The highest BCUT2D eigenvalue weighted by Gasteiger charge is 2.48. The first-order chi connectivity index (χ1) is 23.9. The Labute approximate surface area is 289 Å². The third-order valence-electron chi connectivity index (χ3n) is 12.2. The Morgan fingerprint density at radius 2 is 1.84 bits per heavy atom. The maximum absolute atomic E-state index is 6.76. The summed E-state index contributed by atoms with van der Waals surface area (Å²) in [5.41, 5.74) is 8.23. The van der Waals surface area contributed by atoms with Crippen molar-refractivity contribution in [2.75, 3.05) is 45.3 Å². The third kappa shape index (κ3) is 5.30. The number of likely N-dealkylation sites (N-methyl/N-ethyl adjacent to an activating group) is 1. The SMILES string of the molecule is COc1cccc(-c2cc3n(n2)CCCN(c2nc(OC[C@@]45CCCN4C[C@H](C)C5)nc4c2CN(C)[C@@]2(CCCc5ccccc52)C4)C3)n1. The van der Waals surface area contributed by atoms with Crippen LogP contribution in [0.1, 0.15) is 73.5 Å². The van der Waals surface area contributed by atoms with E-state index in [9.17, 15) is 0 Å². The number of aromatic nitrogens is 5. The fourth-order valence-corrected chi connectivity index (χ4v) is 9.87. The fourth-order valence-electron chi connectivity index (χ4n) is 9.87. The first kappa shape index (κ1) is 31.0. The summed E-state index contributed by atoms with van der Waals surface area (Å²) in [5, 5.41) is 4.99. The number of aryl methyl sites for hydroxylation is 2. The Bertz CT molecular complexity index is 1880. The number of methoxy groups -OCH3 is 1. The van der Waals surface area contributed by atoms with Gasteiger partial charge in [0.25, 0.3) is 0 Å². The minimum Gasteiger partial charge on any atom is -0.481 e. The van der Waals surface area contributed by atoms with E-state index in [4.69, 9.17) is 24.5 Å². The molecule has 3 aromatic heterocycles. The molecule has 256 valence electrons. The Kier molecular flexibility index (Phi) is 7.65. The second kappa shape index (κ2) is 12.1. The van der Waals surface area contributed by atoms with Gasteiger partial charge < -0.3 is 14.4 Å². The molecule has 1 aromatic carbocycles. The van der Waals surface area contributed by atoms with Gasteiger partial charge >= 0.3 is 6.01 Å². The molecule has 10 nitrogen and oxygen atoms in total. The molecular weight excluding hydrogens is 612 g/mol. The normalized spacial score (nSPS) is 26.6. The van der Waals surface area contributed by atoms with Crippen LogP contribution in [0.15, 0.2) is 48.5 Å².